The van der Waals surface area contributed by atoms with Gasteiger partial charge in [-0.1, -0.05) is 206 Å². The van der Waals surface area contributed by atoms with Crippen molar-refractivity contribution in [2.24, 2.45) is 0 Å². The lowest BCUT2D eigenvalue weighted by molar-refractivity contribution is -0.123. The second-order valence-corrected chi connectivity index (χ2v) is 13.7. The zero-order chi connectivity index (χ0) is 32.2. The Morgan fingerprint density at radius 3 is 1.18 bits per heavy atom. The minimum absolute atomic E-state index is 0.0613. The van der Waals surface area contributed by atoms with Crippen LogP contribution >= 0.6 is 0 Å². The van der Waals surface area contributed by atoms with Gasteiger partial charge < -0.3 is 15.5 Å². The standard InChI is InChI=1S/C40H79NO3/c1-3-5-7-9-11-13-15-17-18-19-20-21-22-24-26-28-30-32-34-36-40(44)41-38(37-42)39(43)35-33-31-29-27-25-23-16-14-12-10-8-6-4-2/h33,35,38-39,42-43H,3-32,34,36-37H2,1-2H3,(H,41,44)/b35-33+/t38-,39-/m0/s1. The van der Waals surface area contributed by atoms with Crippen LogP contribution in [0, 0.1) is 0 Å². The summed E-state index contributed by atoms with van der Waals surface area (Å²) in [6, 6.07) is -0.614. The zero-order valence-corrected chi connectivity index (χ0v) is 29.9. The summed E-state index contributed by atoms with van der Waals surface area (Å²) in [6.07, 6.45) is 44.5. The first-order chi connectivity index (χ1) is 21.7. The Hall–Kier alpha value is -0.870. The van der Waals surface area contributed by atoms with E-state index in [0.29, 0.717) is 6.42 Å². The molecular weight excluding hydrogens is 542 g/mol. The van der Waals surface area contributed by atoms with E-state index in [-0.39, 0.29) is 12.5 Å². The molecule has 262 valence electrons. The third-order valence-corrected chi connectivity index (χ3v) is 9.27. The van der Waals surface area contributed by atoms with Crippen LogP contribution in [0.1, 0.15) is 219 Å². The predicted molar refractivity (Wildman–Crippen MR) is 193 cm³/mol. The number of hydrogen-bond acceptors (Lipinski definition) is 3. The molecule has 4 nitrogen and oxygen atoms in total. The Morgan fingerprint density at radius 2 is 0.841 bits per heavy atom. The van der Waals surface area contributed by atoms with E-state index < -0.39 is 12.1 Å². The smallest absolute Gasteiger partial charge is 0.220 e. The summed E-state index contributed by atoms with van der Waals surface area (Å²) in [5, 5.41) is 22.9. The van der Waals surface area contributed by atoms with Gasteiger partial charge >= 0.3 is 0 Å². The number of allylic oxidation sites excluding steroid dienone is 1. The second-order valence-electron chi connectivity index (χ2n) is 13.7. The fourth-order valence-electron chi connectivity index (χ4n) is 6.18. The Bertz CT molecular complexity index is 593. The number of rotatable bonds is 36. The van der Waals surface area contributed by atoms with Gasteiger partial charge in [0.25, 0.3) is 0 Å². The quantitative estimate of drug-likeness (QED) is 0.0481. The second kappa shape index (κ2) is 36.6. The highest BCUT2D eigenvalue weighted by Gasteiger charge is 2.17. The van der Waals surface area contributed by atoms with Crippen molar-refractivity contribution in [3.8, 4) is 0 Å². The van der Waals surface area contributed by atoms with Crippen molar-refractivity contribution in [2.45, 2.75) is 231 Å². The maximum Gasteiger partial charge on any atom is 0.220 e. The van der Waals surface area contributed by atoms with Gasteiger partial charge in [0.2, 0.25) is 5.91 Å². The fraction of sp³-hybridized carbons (Fsp3) is 0.925. The van der Waals surface area contributed by atoms with Crippen LogP contribution in [-0.4, -0.2) is 34.9 Å². The first-order valence-electron chi connectivity index (χ1n) is 19.9. The molecule has 0 unspecified atom stereocenters. The van der Waals surface area contributed by atoms with E-state index in [1.54, 1.807) is 6.08 Å². The predicted octanol–water partition coefficient (Wildman–Crippen LogP) is 11.9. The number of hydrogen-bond donors (Lipinski definition) is 3. The number of carbonyl (C=O) groups is 1. The van der Waals surface area contributed by atoms with Gasteiger partial charge in [-0.15, -0.1) is 0 Å². The lowest BCUT2D eigenvalue weighted by atomic mass is 10.0. The normalized spacial score (nSPS) is 13.1. The Morgan fingerprint density at radius 1 is 0.523 bits per heavy atom. The summed E-state index contributed by atoms with van der Waals surface area (Å²) in [7, 11) is 0. The molecule has 0 aliphatic heterocycles. The summed E-state index contributed by atoms with van der Waals surface area (Å²) in [6.45, 7) is 4.31. The van der Waals surface area contributed by atoms with Gasteiger partial charge in [0.15, 0.2) is 0 Å². The lowest BCUT2D eigenvalue weighted by Crippen LogP contribution is -2.45. The van der Waals surface area contributed by atoms with E-state index in [4.69, 9.17) is 0 Å². The van der Waals surface area contributed by atoms with Crippen molar-refractivity contribution >= 4 is 5.91 Å². The van der Waals surface area contributed by atoms with Gasteiger partial charge in [0.05, 0.1) is 18.8 Å². The first kappa shape index (κ1) is 43.1. The summed E-state index contributed by atoms with van der Waals surface area (Å²) in [5.74, 6) is -0.0613. The molecule has 0 radical (unpaired) electrons. The molecular formula is C40H79NO3. The summed E-state index contributed by atoms with van der Waals surface area (Å²) < 4.78 is 0. The first-order valence-corrected chi connectivity index (χ1v) is 19.9. The van der Waals surface area contributed by atoms with E-state index in [2.05, 4.69) is 19.2 Å². The van der Waals surface area contributed by atoms with Crippen LogP contribution in [0.2, 0.25) is 0 Å². The highest BCUT2D eigenvalue weighted by molar-refractivity contribution is 5.76. The van der Waals surface area contributed by atoms with Crippen LogP contribution in [0.15, 0.2) is 12.2 Å². The SMILES string of the molecule is CCCCCCCCCCCCC/C=C/[C@H](O)[C@H](CO)NC(=O)CCCCCCCCCCCCCCCCCCCCC. The summed E-state index contributed by atoms with van der Waals surface area (Å²) >= 11 is 0. The molecule has 2 atom stereocenters. The molecule has 0 saturated heterocycles. The molecule has 0 fully saturated rings. The highest BCUT2D eigenvalue weighted by Crippen LogP contribution is 2.15. The molecule has 1 amide bonds. The summed E-state index contributed by atoms with van der Waals surface area (Å²) in [4.78, 5) is 12.3. The molecule has 0 heterocycles. The number of nitrogens with one attached hydrogen (secondary N) is 1. The number of carbonyl (C=O) groups excluding carboxylic acids is 1. The van der Waals surface area contributed by atoms with Gasteiger partial charge in [-0.25, -0.2) is 0 Å². The van der Waals surface area contributed by atoms with E-state index in [9.17, 15) is 15.0 Å². The molecule has 4 heteroatoms. The third kappa shape index (κ3) is 32.5. The largest absolute Gasteiger partial charge is 0.394 e. The van der Waals surface area contributed by atoms with Gasteiger partial charge in [-0.2, -0.15) is 0 Å². The van der Waals surface area contributed by atoms with E-state index in [1.165, 1.54) is 173 Å². The average molecular weight is 622 g/mol. The number of aliphatic hydroxyl groups is 2. The van der Waals surface area contributed by atoms with Crippen LogP contribution < -0.4 is 5.32 Å². The number of amides is 1. The van der Waals surface area contributed by atoms with Crippen molar-refractivity contribution in [1.82, 2.24) is 5.32 Å². The molecule has 0 aromatic carbocycles. The topological polar surface area (TPSA) is 69.6 Å². The van der Waals surface area contributed by atoms with Crippen molar-refractivity contribution < 1.29 is 15.0 Å². The minimum Gasteiger partial charge on any atom is -0.394 e. The molecule has 0 saturated carbocycles. The average Bonchev–Trinajstić information content (AvgIpc) is 3.03. The number of unbranched alkanes of at least 4 members (excludes halogenated alkanes) is 29. The molecule has 3 N–H and O–H groups in total. The maximum absolute atomic E-state index is 12.3. The molecule has 0 aromatic heterocycles. The monoisotopic (exact) mass is 622 g/mol. The molecule has 44 heavy (non-hydrogen) atoms. The highest BCUT2D eigenvalue weighted by atomic mass is 16.3. The lowest BCUT2D eigenvalue weighted by Gasteiger charge is -2.20. The Labute approximate surface area is 276 Å². The van der Waals surface area contributed by atoms with Crippen LogP contribution in [0.25, 0.3) is 0 Å². The van der Waals surface area contributed by atoms with Crippen molar-refractivity contribution in [1.29, 1.82) is 0 Å². The van der Waals surface area contributed by atoms with Crippen molar-refractivity contribution in [2.75, 3.05) is 6.61 Å². The van der Waals surface area contributed by atoms with E-state index >= 15 is 0 Å². The molecule has 0 bridgehead atoms. The van der Waals surface area contributed by atoms with Gasteiger partial charge in [-0.05, 0) is 19.3 Å². The van der Waals surface area contributed by atoms with Gasteiger partial charge in [-0.3, -0.25) is 4.79 Å². The van der Waals surface area contributed by atoms with Crippen LogP contribution in [0.3, 0.4) is 0 Å². The molecule has 0 rings (SSSR count). The van der Waals surface area contributed by atoms with Crippen LogP contribution in [0.5, 0.6) is 0 Å². The fourth-order valence-corrected chi connectivity index (χ4v) is 6.18. The zero-order valence-electron chi connectivity index (χ0n) is 29.9. The van der Waals surface area contributed by atoms with Crippen LogP contribution in [-0.2, 0) is 4.79 Å². The van der Waals surface area contributed by atoms with Crippen molar-refractivity contribution in [3.63, 3.8) is 0 Å². The van der Waals surface area contributed by atoms with E-state index in [0.717, 1.165) is 25.7 Å². The van der Waals surface area contributed by atoms with Crippen molar-refractivity contribution in [3.05, 3.63) is 12.2 Å². The van der Waals surface area contributed by atoms with Gasteiger partial charge in [0.1, 0.15) is 0 Å². The van der Waals surface area contributed by atoms with Crippen LogP contribution in [0.4, 0.5) is 0 Å². The molecule has 0 spiro atoms. The minimum atomic E-state index is -0.832. The van der Waals surface area contributed by atoms with Gasteiger partial charge in [0, 0.05) is 6.42 Å². The maximum atomic E-state index is 12.3. The molecule has 0 aromatic rings. The Kier molecular flexibility index (Phi) is 35.9. The molecule has 0 aliphatic rings. The third-order valence-electron chi connectivity index (χ3n) is 9.27. The Balaban J connectivity index is 3.54. The summed E-state index contributed by atoms with van der Waals surface area (Å²) in [5.41, 5.74) is 0. The molecule has 0 aliphatic carbocycles. The van der Waals surface area contributed by atoms with E-state index in [1.807, 2.05) is 6.08 Å². The number of aliphatic hydroxyl groups excluding tert-OH is 2.